The molecule has 0 N–H and O–H groups in total. The second-order valence-electron chi connectivity index (χ2n) is 33.4. The van der Waals surface area contributed by atoms with Crippen LogP contribution in [0.4, 0.5) is 0 Å². The molecule has 26 rings (SSSR count). The Balaban J connectivity index is 0.000000147. The highest BCUT2D eigenvalue weighted by atomic mass is 14.3. The molecule has 23 aromatic carbocycles. The van der Waals surface area contributed by atoms with E-state index in [4.69, 9.17) is 0 Å². The first kappa shape index (κ1) is 91.2. The molecule has 0 atom stereocenters. The van der Waals surface area contributed by atoms with Crippen molar-refractivity contribution in [2.45, 2.75) is 86.1 Å². The molecule has 0 nitrogen and oxygen atoms in total. The van der Waals surface area contributed by atoms with E-state index >= 15 is 0 Å². The molecular weight excluding hydrogens is 1590 g/mol. The highest BCUT2D eigenvalue weighted by Gasteiger charge is 2.29. The lowest BCUT2D eigenvalue weighted by Gasteiger charge is -2.15. The predicted octanol–water partition coefficient (Wildman–Crippen LogP) is 39.2. The summed E-state index contributed by atoms with van der Waals surface area (Å²) in [6.07, 6.45) is 2.87. The van der Waals surface area contributed by atoms with Gasteiger partial charge in [0.1, 0.15) is 0 Å². The number of benzene rings is 23. The second kappa shape index (κ2) is 38.0. The summed E-state index contributed by atoms with van der Waals surface area (Å²) in [6.45, 7) is 0. The van der Waals surface area contributed by atoms with Crippen LogP contribution in [0.25, 0.3) is 219 Å². The summed E-state index contributed by atoms with van der Waals surface area (Å²) in [5.41, 5.74) is 37.3. The Hall–Kier alpha value is -15.6. The first-order chi connectivity index (χ1) is 61.0. The summed E-state index contributed by atoms with van der Waals surface area (Å²) >= 11 is 0. The molecular formula is C132H116. The smallest absolute Gasteiger partial charge is 0.000112 e. The van der Waals surface area contributed by atoms with Gasteiger partial charge in [-0.05, 0) is 308 Å². The van der Waals surface area contributed by atoms with Crippen molar-refractivity contribution in [3.05, 3.63) is 482 Å². The van der Waals surface area contributed by atoms with Gasteiger partial charge in [0, 0.05) is 0 Å². The largest absolute Gasteiger partial charge is 0.0776 e. The van der Waals surface area contributed by atoms with Gasteiger partial charge in [-0.15, -0.1) is 0 Å². The minimum Gasteiger partial charge on any atom is -0.0776 e. The van der Waals surface area contributed by atoms with Crippen LogP contribution in [-0.4, -0.2) is 0 Å². The molecule has 0 aliphatic heterocycles. The fourth-order valence-electron chi connectivity index (χ4n) is 21.1. The van der Waals surface area contributed by atoms with E-state index in [2.05, 4.69) is 449 Å². The van der Waals surface area contributed by atoms with Gasteiger partial charge in [-0.1, -0.05) is 479 Å². The summed E-state index contributed by atoms with van der Waals surface area (Å²) in [4.78, 5) is 0. The maximum atomic E-state index is 2.42. The van der Waals surface area contributed by atoms with Gasteiger partial charge < -0.3 is 0 Å². The van der Waals surface area contributed by atoms with Crippen molar-refractivity contribution in [2.75, 3.05) is 0 Å². The predicted molar refractivity (Wildman–Crippen MR) is 586 cm³/mol. The van der Waals surface area contributed by atoms with Gasteiger partial charge >= 0.3 is 0 Å². The van der Waals surface area contributed by atoms with Gasteiger partial charge in [-0.25, -0.2) is 0 Å². The highest BCUT2D eigenvalue weighted by Crippen LogP contribution is 2.51. The van der Waals surface area contributed by atoms with Gasteiger partial charge in [0.05, 0.1) is 0 Å². The van der Waals surface area contributed by atoms with Crippen LogP contribution in [-0.2, 0) is 19.3 Å². The van der Waals surface area contributed by atoms with Crippen molar-refractivity contribution in [3.8, 4) is 122 Å². The van der Waals surface area contributed by atoms with Gasteiger partial charge in [0.25, 0.3) is 0 Å². The zero-order valence-corrected chi connectivity index (χ0v) is 67.8. The topological polar surface area (TPSA) is 0 Å². The van der Waals surface area contributed by atoms with Crippen molar-refractivity contribution in [1.82, 2.24) is 0 Å². The Morgan fingerprint density at radius 3 is 0.652 bits per heavy atom. The fraction of sp³-hybridized carbons (Fsp3) is 0.0909. The molecule has 132 heavy (non-hydrogen) atoms. The zero-order valence-electron chi connectivity index (χ0n) is 67.8. The number of rotatable bonds is 8. The van der Waals surface area contributed by atoms with Crippen LogP contribution in [0.1, 0.15) is 100 Å². The summed E-state index contributed by atoms with van der Waals surface area (Å²) in [6, 6.07) is 165. The third-order valence-electron chi connectivity index (χ3n) is 26.8. The first-order valence-electron chi connectivity index (χ1n) is 43.1. The molecule has 0 unspecified atom stereocenters. The number of hydrogen-bond acceptors (Lipinski definition) is 0. The molecule has 644 valence electrons. The monoisotopic (exact) mass is 1700 g/mol. The maximum absolute atomic E-state index is 2.42. The van der Waals surface area contributed by atoms with Crippen molar-refractivity contribution < 1.29 is 0 Å². The van der Waals surface area contributed by atoms with Gasteiger partial charge in [-0.3, -0.25) is 0 Å². The van der Waals surface area contributed by atoms with Crippen LogP contribution < -0.4 is 0 Å². The van der Waals surface area contributed by atoms with Crippen LogP contribution in [0.3, 0.4) is 0 Å². The van der Waals surface area contributed by atoms with Crippen LogP contribution in [0.5, 0.6) is 0 Å². The van der Waals surface area contributed by atoms with Crippen LogP contribution >= 0.6 is 0 Å². The molecule has 0 aromatic heterocycles. The summed E-state index contributed by atoms with van der Waals surface area (Å²) in [5.74, 6) is 0. The highest BCUT2D eigenvalue weighted by molar-refractivity contribution is 6.28. The Bertz CT molecular complexity index is 8130. The van der Waals surface area contributed by atoms with Crippen LogP contribution in [0, 0.1) is 0 Å². The van der Waals surface area contributed by atoms with Gasteiger partial charge in [0.15, 0.2) is 0 Å². The van der Waals surface area contributed by atoms with E-state index in [1.165, 1.54) is 253 Å². The SMILES string of the molecule is C.C.C.C.C.C.C.C.C.c1ccc(-c2cc(-c3ccc4c5ccccc5c5ccccc5c4c3)cc(-c3cccc4c3Cc3ccccc3-4)c2)cc1.c1ccc(-c2ccc(-c3cccc4c3Cc3c(-c5ccc6c7ccccc7c7ccccc7c6c5)cccc3-4)cc2)cc1.c1ccc(-c2cccc3c2Cc2c(-c4ccc5c6ccccc6c6ccccc6c5c4)cccc2-3)cc1. The molecule has 3 aliphatic carbocycles. The Labute approximate surface area is 782 Å². The molecule has 0 saturated heterocycles. The molecule has 0 heterocycles. The van der Waals surface area contributed by atoms with E-state index in [1.54, 1.807) is 0 Å². The van der Waals surface area contributed by atoms with E-state index in [-0.39, 0.29) is 66.8 Å². The minimum absolute atomic E-state index is 0. The molecule has 0 amide bonds. The number of hydrogen-bond donors (Lipinski definition) is 0. The Morgan fingerprint density at radius 2 is 0.295 bits per heavy atom. The molecule has 23 aromatic rings. The zero-order chi connectivity index (χ0) is 81.0. The second-order valence-corrected chi connectivity index (χ2v) is 33.4. The van der Waals surface area contributed by atoms with Crippen LogP contribution in [0.2, 0.25) is 0 Å². The molecule has 0 heteroatoms. The molecule has 3 aliphatic rings. The van der Waals surface area contributed by atoms with Crippen molar-refractivity contribution in [3.63, 3.8) is 0 Å². The lowest BCUT2D eigenvalue weighted by Crippen LogP contribution is -1.91. The summed E-state index contributed by atoms with van der Waals surface area (Å²) < 4.78 is 0. The average molecular weight is 1700 g/mol. The van der Waals surface area contributed by atoms with E-state index in [0.29, 0.717) is 0 Å². The van der Waals surface area contributed by atoms with Crippen LogP contribution in [0.15, 0.2) is 449 Å². The first-order valence-corrected chi connectivity index (χ1v) is 43.1. The number of fused-ring (bicyclic) bond motifs is 27. The van der Waals surface area contributed by atoms with Crippen molar-refractivity contribution in [2.24, 2.45) is 0 Å². The van der Waals surface area contributed by atoms with Gasteiger partial charge in [-0.2, -0.15) is 0 Å². The molecule has 0 spiro atoms. The van der Waals surface area contributed by atoms with E-state index in [0.717, 1.165) is 19.3 Å². The molecule has 0 bridgehead atoms. The normalized spacial score (nSPS) is 11.3. The summed E-state index contributed by atoms with van der Waals surface area (Å²) in [7, 11) is 0. The van der Waals surface area contributed by atoms with Gasteiger partial charge in [0.2, 0.25) is 0 Å². The quantitative estimate of drug-likeness (QED) is 0.133. The summed E-state index contributed by atoms with van der Waals surface area (Å²) in [5, 5.41) is 23.7. The van der Waals surface area contributed by atoms with E-state index in [9.17, 15) is 0 Å². The Morgan fingerprint density at radius 1 is 0.0985 bits per heavy atom. The third kappa shape index (κ3) is 15.5. The molecule has 0 saturated carbocycles. The maximum Gasteiger partial charge on any atom is -0.000112 e. The standard InChI is InChI=1S/2C43H28.C37H24.9CH4/c1-2-10-28(11-3-1)29-20-22-30(23-21-29)32-16-8-18-38-39-19-9-17-33(43(39)27-42(32)38)31-24-25-40-36-14-5-4-12-34(36)35-13-6-7-15-37(35)41(40)26-31;1-2-11-28(12-3-1)31-23-32(25-33(24-31)35-19-10-20-36-34-14-5-4-13-30(34)27-42(35)36)29-21-22-41-39-17-7-6-15-37(39)38-16-8-9-18-40(38)43(41)26-29;1-2-10-24(11-3-1)26-16-8-18-32-33-19-9-17-27(37(33)23-36(26)32)25-20-21-34-30-14-5-4-12-28(30)29-13-6-7-15-31(29)35(34)22-25;;;;;;;;;/h2*1-26H,27H2;1-22H,23H2;9*1H4. The Kier molecular flexibility index (Phi) is 26.2. The fourth-order valence-corrected chi connectivity index (χ4v) is 21.1. The average Bonchev–Trinajstić information content (AvgIpc) is 1.17. The van der Waals surface area contributed by atoms with E-state index < -0.39 is 0 Å². The van der Waals surface area contributed by atoms with E-state index in [1.807, 2.05) is 0 Å². The lowest BCUT2D eigenvalue weighted by molar-refractivity contribution is 1.26. The molecule has 0 radical (unpaired) electrons. The third-order valence-corrected chi connectivity index (χ3v) is 26.8. The van der Waals surface area contributed by atoms with Crippen molar-refractivity contribution in [1.29, 1.82) is 0 Å². The van der Waals surface area contributed by atoms with Crippen molar-refractivity contribution >= 4 is 97.0 Å². The molecule has 0 fully saturated rings. The lowest BCUT2D eigenvalue weighted by atomic mass is 9.88. The minimum atomic E-state index is 0.